The molecule has 6 heteroatoms. The van der Waals surface area contributed by atoms with Crippen LogP contribution in [0.5, 0.6) is 0 Å². The number of sulfonamides is 1. The third kappa shape index (κ3) is 3.62. The van der Waals surface area contributed by atoms with E-state index in [2.05, 4.69) is 21.9 Å². The van der Waals surface area contributed by atoms with E-state index in [-0.39, 0.29) is 11.4 Å². The fourth-order valence-corrected chi connectivity index (χ4v) is 3.24. The molecular formula is C14H16BrNO3S. The summed E-state index contributed by atoms with van der Waals surface area (Å²) < 4.78 is 24.7. The van der Waals surface area contributed by atoms with E-state index in [0.717, 1.165) is 5.56 Å². The van der Waals surface area contributed by atoms with Crippen molar-refractivity contribution >= 4 is 31.9 Å². The average Bonchev–Trinajstić information content (AvgIpc) is 2.34. The Morgan fingerprint density at radius 3 is 2.25 bits per heavy atom. The molecule has 1 aromatic carbocycles. The number of rotatable bonds is 4. The Morgan fingerprint density at radius 2 is 1.85 bits per heavy atom. The molecule has 0 aliphatic carbocycles. The lowest BCUT2D eigenvalue weighted by atomic mass is 10.2. The number of alkyl halides is 1. The maximum Gasteiger partial charge on any atom is 0.267 e. The summed E-state index contributed by atoms with van der Waals surface area (Å²) in [5, 5.41) is 0. The van der Waals surface area contributed by atoms with Gasteiger partial charge >= 0.3 is 0 Å². The zero-order chi connectivity index (χ0) is 15.6. The summed E-state index contributed by atoms with van der Waals surface area (Å²) in [6, 6.07) is 6.26. The molecule has 0 fully saturated rings. The number of hydrogen-bond donors (Lipinski definition) is 0. The number of hydrogen-bond acceptors (Lipinski definition) is 3. The van der Waals surface area contributed by atoms with E-state index in [4.69, 9.17) is 6.42 Å². The lowest BCUT2D eigenvalue weighted by Crippen LogP contribution is -2.45. The zero-order valence-corrected chi connectivity index (χ0v) is 14.0. The van der Waals surface area contributed by atoms with Gasteiger partial charge in [-0.25, -0.2) is 12.7 Å². The highest BCUT2D eigenvalue weighted by atomic mass is 79.9. The van der Waals surface area contributed by atoms with Crippen LogP contribution in [0.4, 0.5) is 0 Å². The predicted octanol–water partition coefficient (Wildman–Crippen LogP) is 2.32. The van der Waals surface area contributed by atoms with E-state index >= 15 is 0 Å². The highest BCUT2D eigenvalue weighted by Gasteiger charge is 2.36. The molecule has 108 valence electrons. The summed E-state index contributed by atoms with van der Waals surface area (Å²) in [5.74, 6) is 1.61. The minimum Gasteiger partial charge on any atom is -0.272 e. The van der Waals surface area contributed by atoms with E-state index in [1.54, 1.807) is 26.0 Å². The number of amides is 1. The van der Waals surface area contributed by atoms with Crippen LogP contribution in [-0.2, 0) is 14.8 Å². The lowest BCUT2D eigenvalue weighted by Gasteiger charge is -2.26. The van der Waals surface area contributed by atoms with Crippen LogP contribution in [0.25, 0.3) is 0 Å². The first kappa shape index (κ1) is 16.7. The highest BCUT2D eigenvalue weighted by Crippen LogP contribution is 2.24. The fourth-order valence-electron chi connectivity index (χ4n) is 1.48. The van der Waals surface area contributed by atoms with Gasteiger partial charge in [-0.15, -0.1) is 6.42 Å². The lowest BCUT2D eigenvalue weighted by molar-refractivity contribution is -0.127. The normalized spacial score (nSPS) is 11.8. The second-order valence-corrected chi connectivity index (χ2v) is 8.65. The second kappa shape index (κ2) is 5.98. The molecule has 1 rings (SSSR count). The quantitative estimate of drug-likeness (QED) is 0.613. The molecule has 0 aliphatic heterocycles. The number of aryl methyl sites for hydroxylation is 1. The van der Waals surface area contributed by atoms with Gasteiger partial charge in [0, 0.05) is 0 Å². The van der Waals surface area contributed by atoms with Crippen molar-refractivity contribution in [2.24, 2.45) is 0 Å². The molecule has 4 nitrogen and oxygen atoms in total. The molecule has 0 aromatic heterocycles. The van der Waals surface area contributed by atoms with E-state index in [0.29, 0.717) is 4.31 Å². The van der Waals surface area contributed by atoms with Crippen molar-refractivity contribution in [2.75, 3.05) is 6.54 Å². The smallest absolute Gasteiger partial charge is 0.267 e. The van der Waals surface area contributed by atoms with Crippen LogP contribution in [0.2, 0.25) is 0 Å². The summed E-state index contributed by atoms with van der Waals surface area (Å²) in [5.41, 5.74) is 0.930. The number of halogens is 1. The highest BCUT2D eigenvalue weighted by molar-refractivity contribution is 9.10. The van der Waals surface area contributed by atoms with Crippen LogP contribution >= 0.6 is 15.9 Å². The molecule has 0 saturated carbocycles. The predicted molar refractivity (Wildman–Crippen MR) is 81.9 cm³/mol. The van der Waals surface area contributed by atoms with Gasteiger partial charge in [-0.05, 0) is 32.9 Å². The van der Waals surface area contributed by atoms with Gasteiger partial charge in [0.2, 0.25) is 0 Å². The van der Waals surface area contributed by atoms with Crippen molar-refractivity contribution in [2.45, 2.75) is 30.0 Å². The molecule has 0 bridgehead atoms. The summed E-state index contributed by atoms with van der Waals surface area (Å²) in [6.45, 7) is 4.69. The number of nitrogens with zero attached hydrogens (tertiary/aromatic N) is 1. The van der Waals surface area contributed by atoms with Crippen molar-refractivity contribution in [1.29, 1.82) is 0 Å². The zero-order valence-electron chi connectivity index (χ0n) is 11.6. The maximum absolute atomic E-state index is 12.5. The molecule has 0 spiro atoms. The Bertz CT molecular complexity index is 636. The third-order valence-electron chi connectivity index (χ3n) is 2.58. The summed E-state index contributed by atoms with van der Waals surface area (Å²) >= 11 is 3.17. The van der Waals surface area contributed by atoms with Gasteiger partial charge in [0.15, 0.2) is 0 Å². The number of benzene rings is 1. The first-order valence-corrected chi connectivity index (χ1v) is 8.10. The van der Waals surface area contributed by atoms with E-state index in [9.17, 15) is 13.2 Å². The summed E-state index contributed by atoms with van der Waals surface area (Å²) in [4.78, 5) is 12.3. The molecule has 0 saturated heterocycles. The maximum atomic E-state index is 12.5. The van der Waals surface area contributed by atoms with Crippen LogP contribution in [0.15, 0.2) is 29.2 Å². The Hall–Kier alpha value is -1.32. The first-order valence-electron chi connectivity index (χ1n) is 5.87. The van der Waals surface area contributed by atoms with Crippen molar-refractivity contribution in [3.05, 3.63) is 29.8 Å². The topological polar surface area (TPSA) is 54.5 Å². The molecule has 0 aliphatic rings. The minimum absolute atomic E-state index is 0.0449. The van der Waals surface area contributed by atoms with Crippen LogP contribution in [0.1, 0.15) is 19.4 Å². The number of terminal acetylenes is 1. The molecule has 0 radical (unpaired) electrons. The second-order valence-electron chi connectivity index (χ2n) is 4.81. The van der Waals surface area contributed by atoms with E-state index in [1.165, 1.54) is 12.1 Å². The SMILES string of the molecule is C#CCN(C(=O)C(C)(C)Br)S(=O)(=O)c1ccc(C)cc1. The monoisotopic (exact) mass is 357 g/mol. The van der Waals surface area contributed by atoms with Crippen molar-refractivity contribution in [1.82, 2.24) is 4.31 Å². The summed E-state index contributed by atoms with van der Waals surface area (Å²) in [7, 11) is -3.95. The molecule has 0 atom stereocenters. The van der Waals surface area contributed by atoms with E-state index < -0.39 is 20.3 Å². The molecule has 1 aromatic rings. The molecule has 1 amide bonds. The standard InChI is InChI=1S/C14H16BrNO3S/c1-5-10-16(13(17)14(3,4)15)20(18,19)12-8-6-11(2)7-9-12/h1,6-9H,10H2,2-4H3. The van der Waals surface area contributed by atoms with E-state index in [1.807, 2.05) is 6.92 Å². The van der Waals surface area contributed by atoms with Gasteiger partial charge in [0.25, 0.3) is 15.9 Å². The van der Waals surface area contributed by atoms with Crippen molar-refractivity contribution in [3.63, 3.8) is 0 Å². The summed E-state index contributed by atoms with van der Waals surface area (Å²) in [6.07, 6.45) is 5.19. The number of carbonyl (C=O) groups excluding carboxylic acids is 1. The third-order valence-corrected chi connectivity index (χ3v) is 4.66. The fraction of sp³-hybridized carbons (Fsp3) is 0.357. The molecule has 0 heterocycles. The minimum atomic E-state index is -3.95. The van der Waals surface area contributed by atoms with Gasteiger partial charge in [-0.1, -0.05) is 39.5 Å². The molecular weight excluding hydrogens is 342 g/mol. The Balaban J connectivity index is 3.30. The first-order chi connectivity index (χ1) is 9.10. The molecule has 20 heavy (non-hydrogen) atoms. The van der Waals surface area contributed by atoms with Gasteiger partial charge in [-0.3, -0.25) is 4.79 Å². The molecule has 0 unspecified atom stereocenters. The van der Waals surface area contributed by atoms with Gasteiger partial charge in [-0.2, -0.15) is 0 Å². The number of carbonyl (C=O) groups is 1. The Kier molecular flexibility index (Phi) is 5.00. The average molecular weight is 358 g/mol. The van der Waals surface area contributed by atoms with Crippen molar-refractivity contribution in [3.8, 4) is 12.3 Å². The van der Waals surface area contributed by atoms with Crippen LogP contribution in [0, 0.1) is 19.3 Å². The molecule has 0 N–H and O–H groups in total. The van der Waals surface area contributed by atoms with Crippen LogP contribution < -0.4 is 0 Å². The van der Waals surface area contributed by atoms with Gasteiger partial charge in [0.1, 0.15) is 0 Å². The van der Waals surface area contributed by atoms with Gasteiger partial charge < -0.3 is 0 Å². The van der Waals surface area contributed by atoms with Crippen molar-refractivity contribution < 1.29 is 13.2 Å². The van der Waals surface area contributed by atoms with Crippen LogP contribution in [0.3, 0.4) is 0 Å². The Labute approximate surface area is 128 Å². The van der Waals surface area contributed by atoms with Gasteiger partial charge in [0.05, 0.1) is 15.8 Å². The largest absolute Gasteiger partial charge is 0.272 e. The Morgan fingerprint density at radius 1 is 1.35 bits per heavy atom. The van der Waals surface area contributed by atoms with Crippen LogP contribution in [-0.4, -0.2) is 29.5 Å².